The van der Waals surface area contributed by atoms with Crippen LogP contribution in [0.4, 0.5) is 0 Å². The molecule has 0 aromatic carbocycles. The number of hydrogen-bond acceptors (Lipinski definition) is 2. The zero-order valence-electron chi connectivity index (χ0n) is 4.85. The predicted molar refractivity (Wildman–Crippen MR) is 31.9 cm³/mol. The molecule has 0 aliphatic rings. The average molecular weight is 102 g/mol. The van der Waals surface area contributed by atoms with Gasteiger partial charge in [-0.1, -0.05) is 6.92 Å². The van der Waals surface area contributed by atoms with E-state index in [4.69, 9.17) is 11.5 Å². The van der Waals surface area contributed by atoms with Crippen molar-refractivity contribution >= 4 is 0 Å². The minimum atomic E-state index is 0.324. The minimum Gasteiger partial charge on any atom is -0.330 e. The van der Waals surface area contributed by atoms with Gasteiger partial charge in [0.15, 0.2) is 0 Å². The van der Waals surface area contributed by atoms with E-state index in [9.17, 15) is 0 Å². The van der Waals surface area contributed by atoms with E-state index >= 15 is 0 Å². The minimum absolute atomic E-state index is 0.324. The third-order valence-corrected chi connectivity index (χ3v) is 1.06. The molecule has 2 nitrogen and oxygen atoms in total. The number of nitrogens with two attached hydrogens (primary N) is 2. The van der Waals surface area contributed by atoms with E-state index in [2.05, 4.69) is 6.92 Å². The highest BCUT2D eigenvalue weighted by atomic mass is 14.6. The van der Waals surface area contributed by atoms with E-state index in [1.807, 2.05) is 0 Å². The zero-order valence-corrected chi connectivity index (χ0v) is 4.85. The van der Waals surface area contributed by atoms with Crippen molar-refractivity contribution in [2.45, 2.75) is 25.8 Å². The van der Waals surface area contributed by atoms with Crippen LogP contribution in [-0.2, 0) is 0 Å². The standard InChI is InChI=1S/C5H14N2/c1-2-5(7)3-4-6/h5H,2-4,6-7H2,1H3/t5-/m1/s1. The molecular formula is C5H14N2. The molecule has 2 heteroatoms. The van der Waals surface area contributed by atoms with Crippen molar-refractivity contribution < 1.29 is 0 Å². The maximum atomic E-state index is 5.50. The predicted octanol–water partition coefficient (Wildman–Crippen LogP) is 0.0725. The molecule has 0 unspecified atom stereocenters. The van der Waals surface area contributed by atoms with Crippen LogP contribution < -0.4 is 11.5 Å². The Morgan fingerprint density at radius 1 is 1.57 bits per heavy atom. The van der Waals surface area contributed by atoms with Crippen LogP contribution >= 0.6 is 0 Å². The fourth-order valence-corrected chi connectivity index (χ4v) is 0.418. The molecule has 0 heterocycles. The summed E-state index contributed by atoms with van der Waals surface area (Å²) in [6.45, 7) is 2.79. The van der Waals surface area contributed by atoms with Crippen LogP contribution in [0.1, 0.15) is 19.8 Å². The highest BCUT2D eigenvalue weighted by molar-refractivity contribution is 4.56. The van der Waals surface area contributed by atoms with Crippen molar-refractivity contribution in [3.8, 4) is 0 Å². The topological polar surface area (TPSA) is 52.0 Å². The Labute approximate surface area is 44.9 Å². The molecule has 44 valence electrons. The summed E-state index contributed by atoms with van der Waals surface area (Å²) in [6.07, 6.45) is 1.99. The largest absolute Gasteiger partial charge is 0.330 e. The fraction of sp³-hybridized carbons (Fsp3) is 1.00. The summed E-state index contributed by atoms with van der Waals surface area (Å²) in [7, 11) is 0. The molecule has 0 aromatic heterocycles. The summed E-state index contributed by atoms with van der Waals surface area (Å²) in [5, 5.41) is 0. The normalized spacial score (nSPS) is 14.1. The van der Waals surface area contributed by atoms with E-state index in [0.29, 0.717) is 6.04 Å². The van der Waals surface area contributed by atoms with E-state index < -0.39 is 0 Å². The molecule has 0 aliphatic carbocycles. The Morgan fingerprint density at radius 3 is 2.29 bits per heavy atom. The molecular weight excluding hydrogens is 88.1 g/mol. The summed E-state index contributed by atoms with van der Waals surface area (Å²) in [6, 6.07) is 0.324. The Hall–Kier alpha value is -0.0800. The molecule has 0 fully saturated rings. The first kappa shape index (κ1) is 6.92. The van der Waals surface area contributed by atoms with Crippen LogP contribution in [0.2, 0.25) is 0 Å². The lowest BCUT2D eigenvalue weighted by molar-refractivity contribution is 0.604. The van der Waals surface area contributed by atoms with Gasteiger partial charge in [0.1, 0.15) is 0 Å². The molecule has 0 saturated carbocycles. The van der Waals surface area contributed by atoms with Gasteiger partial charge in [-0.25, -0.2) is 0 Å². The lowest BCUT2D eigenvalue weighted by Crippen LogP contribution is -2.22. The average Bonchev–Trinajstić information content (AvgIpc) is 1.68. The number of hydrogen-bond donors (Lipinski definition) is 2. The summed E-state index contributed by atoms with van der Waals surface area (Å²) in [5.74, 6) is 0. The highest BCUT2D eigenvalue weighted by Gasteiger charge is 1.92. The van der Waals surface area contributed by atoms with Crippen molar-refractivity contribution in [2.75, 3.05) is 6.54 Å². The summed E-state index contributed by atoms with van der Waals surface area (Å²) < 4.78 is 0. The van der Waals surface area contributed by atoms with E-state index in [-0.39, 0.29) is 0 Å². The van der Waals surface area contributed by atoms with E-state index in [0.717, 1.165) is 19.4 Å². The lowest BCUT2D eigenvalue weighted by atomic mass is 10.2. The van der Waals surface area contributed by atoms with Gasteiger partial charge in [-0.15, -0.1) is 0 Å². The first-order valence-electron chi connectivity index (χ1n) is 2.77. The molecule has 0 aromatic rings. The van der Waals surface area contributed by atoms with E-state index in [1.54, 1.807) is 0 Å². The van der Waals surface area contributed by atoms with Crippen LogP contribution in [0.5, 0.6) is 0 Å². The van der Waals surface area contributed by atoms with Gasteiger partial charge in [-0.3, -0.25) is 0 Å². The molecule has 0 amide bonds. The molecule has 1 atom stereocenters. The molecule has 0 aliphatic heterocycles. The second kappa shape index (κ2) is 4.09. The molecule has 7 heavy (non-hydrogen) atoms. The summed E-state index contributed by atoms with van der Waals surface area (Å²) in [5.41, 5.74) is 10.7. The lowest BCUT2D eigenvalue weighted by Gasteiger charge is -2.03. The van der Waals surface area contributed by atoms with Gasteiger partial charge in [-0.05, 0) is 19.4 Å². The van der Waals surface area contributed by atoms with Crippen LogP contribution in [0, 0.1) is 0 Å². The quantitative estimate of drug-likeness (QED) is 0.530. The molecule has 0 rings (SSSR count). The smallest absolute Gasteiger partial charge is 0.00482 e. The molecule has 0 saturated heterocycles. The second-order valence-corrected chi connectivity index (χ2v) is 1.75. The third-order valence-electron chi connectivity index (χ3n) is 1.06. The number of rotatable bonds is 3. The summed E-state index contributed by atoms with van der Waals surface area (Å²) in [4.78, 5) is 0. The highest BCUT2D eigenvalue weighted by Crippen LogP contribution is 1.88. The monoisotopic (exact) mass is 102 g/mol. The first-order chi connectivity index (χ1) is 3.31. The van der Waals surface area contributed by atoms with Gasteiger partial charge in [0, 0.05) is 6.04 Å². The molecule has 0 spiro atoms. The zero-order chi connectivity index (χ0) is 5.70. The maximum Gasteiger partial charge on any atom is 0.00482 e. The van der Waals surface area contributed by atoms with Crippen molar-refractivity contribution in [3.05, 3.63) is 0 Å². The van der Waals surface area contributed by atoms with Gasteiger partial charge in [-0.2, -0.15) is 0 Å². The first-order valence-corrected chi connectivity index (χ1v) is 2.77. The van der Waals surface area contributed by atoms with Gasteiger partial charge in [0.25, 0.3) is 0 Å². The maximum absolute atomic E-state index is 5.50. The van der Waals surface area contributed by atoms with Crippen molar-refractivity contribution in [3.63, 3.8) is 0 Å². The third kappa shape index (κ3) is 3.76. The van der Waals surface area contributed by atoms with Crippen molar-refractivity contribution in [2.24, 2.45) is 11.5 Å². The molecule has 4 N–H and O–H groups in total. The van der Waals surface area contributed by atoms with Crippen molar-refractivity contribution in [1.29, 1.82) is 0 Å². The van der Waals surface area contributed by atoms with Gasteiger partial charge in [0.2, 0.25) is 0 Å². The fourth-order valence-electron chi connectivity index (χ4n) is 0.418. The van der Waals surface area contributed by atoms with Crippen LogP contribution in [0.25, 0.3) is 0 Å². The van der Waals surface area contributed by atoms with Gasteiger partial charge < -0.3 is 11.5 Å². The molecule has 0 bridgehead atoms. The van der Waals surface area contributed by atoms with Crippen LogP contribution in [0.15, 0.2) is 0 Å². The Bertz CT molecular complexity index is 37.1. The van der Waals surface area contributed by atoms with Crippen LogP contribution in [0.3, 0.4) is 0 Å². The van der Waals surface area contributed by atoms with Crippen LogP contribution in [-0.4, -0.2) is 12.6 Å². The summed E-state index contributed by atoms with van der Waals surface area (Å²) >= 11 is 0. The second-order valence-electron chi connectivity index (χ2n) is 1.75. The van der Waals surface area contributed by atoms with Gasteiger partial charge >= 0.3 is 0 Å². The van der Waals surface area contributed by atoms with Crippen molar-refractivity contribution in [1.82, 2.24) is 0 Å². The Kier molecular flexibility index (Phi) is 4.04. The Morgan fingerprint density at radius 2 is 2.14 bits per heavy atom. The van der Waals surface area contributed by atoms with Gasteiger partial charge in [0.05, 0.1) is 0 Å². The molecule has 0 radical (unpaired) electrons. The Balaban J connectivity index is 2.83. The van der Waals surface area contributed by atoms with E-state index in [1.165, 1.54) is 0 Å². The SMILES string of the molecule is CC[C@@H](N)CCN.